The first kappa shape index (κ1) is 20.1. The van der Waals surface area contributed by atoms with Crippen LogP contribution in [0.15, 0.2) is 36.4 Å². The summed E-state index contributed by atoms with van der Waals surface area (Å²) >= 11 is 0. The highest BCUT2D eigenvalue weighted by Gasteiger charge is 2.49. The fraction of sp³-hybridized carbons (Fsp3) is 0.565. The molecule has 29 heavy (non-hydrogen) atoms. The number of rotatable bonds is 7. The smallest absolute Gasteiger partial charge is 0.226 e. The van der Waals surface area contributed by atoms with E-state index in [1.165, 1.54) is 5.56 Å². The molecule has 6 heteroatoms. The number of hydrogen-bond acceptors (Lipinski definition) is 4. The maximum absolute atomic E-state index is 12.7. The lowest BCUT2D eigenvalue weighted by Gasteiger charge is -2.34. The van der Waals surface area contributed by atoms with Gasteiger partial charge in [0.1, 0.15) is 0 Å². The molecule has 1 aliphatic carbocycles. The summed E-state index contributed by atoms with van der Waals surface area (Å²) in [6, 6.07) is 10.3. The lowest BCUT2D eigenvalue weighted by atomic mass is 10.2. The number of amides is 2. The Kier molecular flexibility index (Phi) is 6.62. The Morgan fingerprint density at radius 3 is 2.62 bits per heavy atom. The number of nitrogens with zero attached hydrogens (tertiary/aromatic N) is 2. The lowest BCUT2D eigenvalue weighted by Crippen LogP contribution is -2.49. The Morgan fingerprint density at radius 2 is 1.90 bits per heavy atom. The van der Waals surface area contributed by atoms with Crippen molar-refractivity contribution in [2.24, 2.45) is 11.8 Å². The third kappa shape index (κ3) is 5.46. The highest BCUT2D eigenvalue weighted by molar-refractivity contribution is 5.92. The van der Waals surface area contributed by atoms with Crippen LogP contribution in [0.1, 0.15) is 24.8 Å². The van der Waals surface area contributed by atoms with Crippen molar-refractivity contribution in [3.8, 4) is 0 Å². The molecule has 3 fully saturated rings. The van der Waals surface area contributed by atoms with Gasteiger partial charge in [-0.1, -0.05) is 42.5 Å². The van der Waals surface area contributed by atoms with Crippen molar-refractivity contribution in [2.45, 2.75) is 25.4 Å². The van der Waals surface area contributed by atoms with E-state index in [0.717, 1.165) is 52.2 Å². The monoisotopic (exact) mass is 397 g/mol. The van der Waals surface area contributed by atoms with E-state index >= 15 is 0 Å². The zero-order chi connectivity index (χ0) is 20.1. The molecule has 0 spiro atoms. The van der Waals surface area contributed by atoms with Crippen LogP contribution in [0.3, 0.4) is 0 Å². The fourth-order valence-corrected chi connectivity index (χ4v) is 4.20. The van der Waals surface area contributed by atoms with E-state index in [2.05, 4.69) is 34.5 Å². The second-order valence-electron chi connectivity index (χ2n) is 8.27. The first-order valence-corrected chi connectivity index (χ1v) is 10.8. The average Bonchev–Trinajstić information content (AvgIpc) is 3.39. The maximum Gasteiger partial charge on any atom is 0.226 e. The molecule has 3 aliphatic rings. The topological polar surface area (TPSA) is 61.9 Å². The molecule has 1 saturated carbocycles. The summed E-state index contributed by atoms with van der Waals surface area (Å²) in [6.45, 7) is 5.53. The third-order valence-electron chi connectivity index (χ3n) is 6.13. The summed E-state index contributed by atoms with van der Waals surface area (Å²) in [4.78, 5) is 29.3. The number of hydrogen-bond donors (Lipinski definition) is 1. The number of carbonyl (C=O) groups excluding carboxylic acids is 2. The minimum Gasteiger partial charge on any atom is -0.376 e. The van der Waals surface area contributed by atoms with Crippen molar-refractivity contribution in [3.05, 3.63) is 42.0 Å². The van der Waals surface area contributed by atoms with Gasteiger partial charge in [-0.15, -0.1) is 0 Å². The number of piperazine rings is 1. The molecule has 3 unspecified atom stereocenters. The van der Waals surface area contributed by atoms with Crippen molar-refractivity contribution in [1.29, 1.82) is 0 Å². The second-order valence-corrected chi connectivity index (χ2v) is 8.27. The summed E-state index contributed by atoms with van der Waals surface area (Å²) in [5.74, 6) is -0.0926. The molecule has 2 saturated heterocycles. The molecule has 0 aromatic heterocycles. The van der Waals surface area contributed by atoms with Gasteiger partial charge in [-0.3, -0.25) is 14.5 Å². The average molecular weight is 398 g/mol. The first-order valence-electron chi connectivity index (χ1n) is 10.8. The van der Waals surface area contributed by atoms with Gasteiger partial charge in [-0.2, -0.15) is 0 Å². The normalized spacial score (nSPS) is 27.3. The van der Waals surface area contributed by atoms with Gasteiger partial charge < -0.3 is 15.0 Å². The van der Waals surface area contributed by atoms with Gasteiger partial charge >= 0.3 is 0 Å². The van der Waals surface area contributed by atoms with Gasteiger partial charge in [0.05, 0.1) is 17.9 Å². The minimum atomic E-state index is -0.143. The van der Waals surface area contributed by atoms with Crippen molar-refractivity contribution in [1.82, 2.24) is 15.1 Å². The van der Waals surface area contributed by atoms with Crippen LogP contribution in [-0.4, -0.2) is 73.6 Å². The second kappa shape index (κ2) is 9.55. The predicted molar refractivity (Wildman–Crippen MR) is 112 cm³/mol. The SMILES string of the molecule is O=C(NCC1CCCO1)C1CC1C(=O)N1CCN(C/C=C/c2ccccc2)CC1. The molecule has 1 aromatic rings. The molecular weight excluding hydrogens is 366 g/mol. The summed E-state index contributed by atoms with van der Waals surface area (Å²) in [7, 11) is 0. The molecule has 2 heterocycles. The Hall–Kier alpha value is -2.18. The molecule has 6 nitrogen and oxygen atoms in total. The van der Waals surface area contributed by atoms with E-state index < -0.39 is 0 Å². The van der Waals surface area contributed by atoms with Crippen molar-refractivity contribution in [2.75, 3.05) is 45.9 Å². The highest BCUT2D eigenvalue weighted by atomic mass is 16.5. The molecule has 0 radical (unpaired) electrons. The van der Waals surface area contributed by atoms with Gasteiger partial charge in [0.25, 0.3) is 0 Å². The predicted octanol–water partition coefficient (Wildman–Crippen LogP) is 1.78. The van der Waals surface area contributed by atoms with E-state index in [-0.39, 0.29) is 29.8 Å². The van der Waals surface area contributed by atoms with Gasteiger partial charge in [-0.25, -0.2) is 0 Å². The Labute approximate surface area is 172 Å². The van der Waals surface area contributed by atoms with Gasteiger partial charge in [0, 0.05) is 45.9 Å². The summed E-state index contributed by atoms with van der Waals surface area (Å²) < 4.78 is 5.54. The van der Waals surface area contributed by atoms with Crippen LogP contribution in [0.25, 0.3) is 6.08 Å². The van der Waals surface area contributed by atoms with Gasteiger partial charge in [-0.05, 0) is 24.8 Å². The molecule has 3 atom stereocenters. The highest BCUT2D eigenvalue weighted by Crippen LogP contribution is 2.40. The van der Waals surface area contributed by atoms with Crippen LogP contribution < -0.4 is 5.32 Å². The number of ether oxygens (including phenoxy) is 1. The summed E-state index contributed by atoms with van der Waals surface area (Å²) in [5, 5.41) is 2.97. The fourth-order valence-electron chi connectivity index (χ4n) is 4.20. The molecule has 4 rings (SSSR count). The Morgan fingerprint density at radius 1 is 1.10 bits per heavy atom. The van der Waals surface area contributed by atoms with Crippen LogP contribution in [0.4, 0.5) is 0 Å². The first-order chi connectivity index (χ1) is 14.2. The molecule has 2 aliphatic heterocycles. The minimum absolute atomic E-state index is 0.0172. The lowest BCUT2D eigenvalue weighted by molar-refractivity contribution is -0.136. The quantitative estimate of drug-likeness (QED) is 0.762. The van der Waals surface area contributed by atoms with E-state index in [1.54, 1.807) is 0 Å². The molecule has 2 amide bonds. The zero-order valence-corrected chi connectivity index (χ0v) is 17.0. The number of nitrogens with one attached hydrogen (secondary N) is 1. The Bertz CT molecular complexity index is 722. The van der Waals surface area contributed by atoms with Gasteiger partial charge in [0.2, 0.25) is 11.8 Å². The largest absolute Gasteiger partial charge is 0.376 e. The zero-order valence-electron chi connectivity index (χ0n) is 17.0. The molecule has 1 aromatic carbocycles. The van der Waals surface area contributed by atoms with E-state index in [0.29, 0.717) is 13.0 Å². The molecule has 0 bridgehead atoms. The van der Waals surface area contributed by atoms with Crippen LogP contribution in [-0.2, 0) is 14.3 Å². The van der Waals surface area contributed by atoms with Crippen LogP contribution in [0, 0.1) is 11.8 Å². The van der Waals surface area contributed by atoms with E-state index in [9.17, 15) is 9.59 Å². The number of benzene rings is 1. The standard InChI is InChI=1S/C23H31N3O3/c27-22(24-17-19-9-5-15-29-19)20-16-21(20)23(28)26-13-11-25(12-14-26)10-4-8-18-6-2-1-3-7-18/h1-4,6-8,19-21H,5,9-17H2,(H,24,27)/b8-4+. The third-order valence-corrected chi connectivity index (χ3v) is 6.13. The number of carbonyl (C=O) groups is 2. The maximum atomic E-state index is 12.7. The van der Waals surface area contributed by atoms with Crippen LogP contribution >= 0.6 is 0 Å². The molecule has 156 valence electrons. The van der Waals surface area contributed by atoms with Crippen molar-refractivity contribution in [3.63, 3.8) is 0 Å². The van der Waals surface area contributed by atoms with Crippen molar-refractivity contribution < 1.29 is 14.3 Å². The molecule has 1 N–H and O–H groups in total. The summed E-state index contributed by atoms with van der Waals surface area (Å²) in [5.41, 5.74) is 1.21. The summed E-state index contributed by atoms with van der Waals surface area (Å²) in [6.07, 6.45) is 7.24. The van der Waals surface area contributed by atoms with Gasteiger partial charge in [0.15, 0.2) is 0 Å². The Balaban J connectivity index is 1.15. The van der Waals surface area contributed by atoms with Crippen molar-refractivity contribution >= 4 is 17.9 Å². The van der Waals surface area contributed by atoms with E-state index in [1.807, 2.05) is 23.1 Å². The van der Waals surface area contributed by atoms with Crippen LogP contribution in [0.5, 0.6) is 0 Å². The van der Waals surface area contributed by atoms with E-state index in [4.69, 9.17) is 4.74 Å². The van der Waals surface area contributed by atoms with Crippen LogP contribution in [0.2, 0.25) is 0 Å². The molecular formula is C23H31N3O3.